The van der Waals surface area contributed by atoms with Gasteiger partial charge >= 0.3 is 24.1 Å². The zero-order valence-corrected chi connectivity index (χ0v) is 16.2. The van der Waals surface area contributed by atoms with E-state index >= 15 is 0 Å². The van der Waals surface area contributed by atoms with Crippen LogP contribution in [0.25, 0.3) is 0 Å². The number of esters is 2. The van der Waals surface area contributed by atoms with Crippen molar-refractivity contribution in [3.63, 3.8) is 0 Å². The molecule has 2 aromatic heterocycles. The van der Waals surface area contributed by atoms with Gasteiger partial charge in [0.25, 0.3) is 6.33 Å². The summed E-state index contributed by atoms with van der Waals surface area (Å²) in [6, 6.07) is 0. The van der Waals surface area contributed by atoms with Crippen LogP contribution in [0.1, 0.15) is 25.7 Å². The predicted molar refractivity (Wildman–Crippen MR) is 97.1 cm³/mol. The van der Waals surface area contributed by atoms with Crippen LogP contribution in [-0.2, 0) is 28.5 Å². The van der Waals surface area contributed by atoms with Crippen molar-refractivity contribution in [1.29, 1.82) is 0 Å². The number of hydrogen-bond donors (Lipinski definition) is 0. The second-order valence-corrected chi connectivity index (χ2v) is 5.95. The van der Waals surface area contributed by atoms with Crippen molar-refractivity contribution in [3.8, 4) is 0 Å². The molecule has 0 amide bonds. The van der Waals surface area contributed by atoms with Gasteiger partial charge in [-0.1, -0.05) is 0 Å². The highest BCUT2D eigenvalue weighted by atomic mass is 16.6. The molecule has 12 heteroatoms. The van der Waals surface area contributed by atoms with Crippen molar-refractivity contribution in [3.05, 3.63) is 37.4 Å². The molecule has 0 radical (unpaired) electrons. The van der Waals surface area contributed by atoms with Gasteiger partial charge in [-0.05, 0) is 25.7 Å². The quantitative estimate of drug-likeness (QED) is 0.291. The second kappa shape index (κ2) is 12.7. The third-order valence-corrected chi connectivity index (χ3v) is 3.66. The smallest absolute Gasteiger partial charge is 0.463 e. The fourth-order valence-electron chi connectivity index (χ4n) is 2.17. The van der Waals surface area contributed by atoms with E-state index in [-0.39, 0.29) is 13.2 Å². The Morgan fingerprint density at radius 2 is 1.37 bits per heavy atom. The maximum Gasteiger partial charge on any atom is 0.512 e. The molecule has 12 nitrogen and oxygen atoms in total. The molecule has 0 aliphatic heterocycles. The van der Waals surface area contributed by atoms with Crippen LogP contribution in [0.3, 0.4) is 0 Å². The van der Waals surface area contributed by atoms with Gasteiger partial charge < -0.3 is 18.9 Å². The lowest BCUT2D eigenvalue weighted by Crippen LogP contribution is -2.20. The van der Waals surface area contributed by atoms with E-state index in [1.807, 2.05) is 0 Å². The first-order valence-electron chi connectivity index (χ1n) is 9.24. The number of aromatic nitrogens is 4. The second-order valence-electron chi connectivity index (χ2n) is 5.95. The van der Waals surface area contributed by atoms with Gasteiger partial charge in [0.1, 0.15) is 18.7 Å². The van der Waals surface area contributed by atoms with Crippen LogP contribution in [0.4, 0.5) is 9.59 Å². The number of nitrogens with one attached hydrogen (secondary N) is 1. The lowest BCUT2D eigenvalue weighted by Gasteiger charge is -2.07. The van der Waals surface area contributed by atoms with Crippen molar-refractivity contribution in [2.75, 3.05) is 26.4 Å². The van der Waals surface area contributed by atoms with Crippen molar-refractivity contribution >= 4 is 24.1 Å². The maximum atomic E-state index is 11.5. The molecule has 0 saturated heterocycles. The summed E-state index contributed by atoms with van der Waals surface area (Å²) in [6.45, 7) is -0.524. The summed E-state index contributed by atoms with van der Waals surface area (Å²) in [6.07, 6.45) is 9.86. The molecular weight excluding hydrogens is 400 g/mol. The lowest BCUT2D eigenvalue weighted by molar-refractivity contribution is -0.376. The molecule has 0 unspecified atom stereocenters. The molecule has 0 atom stereocenters. The van der Waals surface area contributed by atoms with Gasteiger partial charge in [-0.15, -0.1) is 4.57 Å². The monoisotopic (exact) mass is 423 g/mol. The Morgan fingerprint density at radius 3 is 1.87 bits per heavy atom. The minimum atomic E-state index is -0.711. The van der Waals surface area contributed by atoms with Crippen molar-refractivity contribution in [2.45, 2.75) is 25.7 Å². The SMILES string of the molecule is O=C(COC(=O)n1ccnc1)OCCCCCCOC(=O)COC(=O)n1cc[nH+]c1. The molecule has 0 bridgehead atoms. The van der Waals surface area contributed by atoms with Gasteiger partial charge in [-0.25, -0.2) is 28.9 Å². The standard InChI is InChI=1S/C18H22N4O8/c23-15(11-29-17(25)21-7-5-19-13-21)27-9-3-1-2-4-10-28-16(24)12-30-18(26)22-8-6-20-14-22/h5-8,13-14H,1-4,9-12H2/p+1. The van der Waals surface area contributed by atoms with E-state index in [9.17, 15) is 19.2 Å². The van der Waals surface area contributed by atoms with E-state index < -0.39 is 37.3 Å². The van der Waals surface area contributed by atoms with Gasteiger partial charge in [0.2, 0.25) is 0 Å². The molecule has 2 aromatic rings. The summed E-state index contributed by atoms with van der Waals surface area (Å²) in [4.78, 5) is 52.4. The molecule has 0 aliphatic rings. The number of aromatic amines is 1. The largest absolute Gasteiger partial charge is 0.512 e. The molecule has 2 rings (SSSR count). The Morgan fingerprint density at radius 1 is 0.767 bits per heavy atom. The zero-order chi connectivity index (χ0) is 21.6. The third-order valence-electron chi connectivity index (χ3n) is 3.66. The Labute approximate surface area is 171 Å². The molecule has 2 heterocycles. The Hall–Kier alpha value is -3.70. The average molecular weight is 423 g/mol. The first-order chi connectivity index (χ1) is 14.6. The van der Waals surface area contributed by atoms with E-state index in [2.05, 4.69) is 9.97 Å². The third kappa shape index (κ3) is 8.54. The summed E-state index contributed by atoms with van der Waals surface area (Å²) in [5, 5.41) is 0. The van der Waals surface area contributed by atoms with Crippen LogP contribution in [0.15, 0.2) is 37.4 Å². The Bertz CT molecular complexity index is 736. The normalized spacial score (nSPS) is 10.3. The molecule has 0 spiro atoms. The molecule has 30 heavy (non-hydrogen) atoms. The van der Waals surface area contributed by atoms with Crippen LogP contribution < -0.4 is 4.98 Å². The van der Waals surface area contributed by atoms with Crippen molar-refractivity contribution in [1.82, 2.24) is 14.1 Å². The molecule has 162 valence electrons. The van der Waals surface area contributed by atoms with Gasteiger partial charge in [-0.2, -0.15) is 4.79 Å². The highest BCUT2D eigenvalue weighted by molar-refractivity contribution is 5.77. The van der Waals surface area contributed by atoms with Crippen LogP contribution in [0, 0.1) is 0 Å². The van der Waals surface area contributed by atoms with Crippen molar-refractivity contribution in [2.24, 2.45) is 0 Å². The fourth-order valence-corrected chi connectivity index (χ4v) is 2.17. The van der Waals surface area contributed by atoms with E-state index in [4.69, 9.17) is 18.9 Å². The number of hydrogen-bond acceptors (Lipinski definition) is 9. The van der Waals surface area contributed by atoms with Crippen LogP contribution in [-0.4, -0.2) is 64.7 Å². The minimum absolute atomic E-state index is 0.202. The predicted octanol–water partition coefficient (Wildman–Crippen LogP) is 0.815. The fraction of sp³-hybridized carbons (Fsp3) is 0.444. The van der Waals surface area contributed by atoms with Gasteiger partial charge in [0.05, 0.1) is 13.2 Å². The topological polar surface area (TPSA) is 142 Å². The minimum Gasteiger partial charge on any atom is -0.463 e. The number of unbranched alkanes of at least 4 members (excludes halogenated alkanes) is 3. The van der Waals surface area contributed by atoms with Crippen LogP contribution >= 0.6 is 0 Å². The van der Waals surface area contributed by atoms with Crippen LogP contribution in [0.5, 0.6) is 0 Å². The average Bonchev–Trinajstić information content (AvgIpc) is 3.46. The summed E-state index contributed by atoms with van der Waals surface area (Å²) in [7, 11) is 0. The maximum absolute atomic E-state index is 11.5. The molecule has 0 saturated carbocycles. The molecule has 0 aromatic carbocycles. The van der Waals surface area contributed by atoms with Gasteiger partial charge in [-0.3, -0.25) is 0 Å². The van der Waals surface area contributed by atoms with Crippen LogP contribution in [0.2, 0.25) is 0 Å². The summed E-state index contributed by atoms with van der Waals surface area (Å²) in [5.41, 5.74) is 0. The number of rotatable bonds is 11. The Kier molecular flexibility index (Phi) is 9.56. The number of nitrogens with zero attached hydrogens (tertiary/aromatic N) is 3. The first kappa shape index (κ1) is 22.6. The number of carbonyl (C=O) groups is 4. The molecule has 0 fully saturated rings. The number of carbonyl (C=O) groups excluding carboxylic acids is 4. The van der Waals surface area contributed by atoms with E-state index in [1.54, 1.807) is 6.20 Å². The van der Waals surface area contributed by atoms with E-state index in [0.29, 0.717) is 12.8 Å². The zero-order valence-electron chi connectivity index (χ0n) is 16.2. The summed E-state index contributed by atoms with van der Waals surface area (Å²) >= 11 is 0. The Balaban J connectivity index is 1.39. The summed E-state index contributed by atoms with van der Waals surface area (Å²) in [5.74, 6) is -1.26. The highest BCUT2D eigenvalue weighted by Gasteiger charge is 2.14. The number of imidazole rings is 2. The van der Waals surface area contributed by atoms with E-state index in [0.717, 1.165) is 22.0 Å². The highest BCUT2D eigenvalue weighted by Crippen LogP contribution is 2.01. The molecule has 0 aliphatic carbocycles. The van der Waals surface area contributed by atoms with Gasteiger partial charge in [0.15, 0.2) is 13.2 Å². The summed E-state index contributed by atoms with van der Waals surface area (Å²) < 4.78 is 21.7. The number of ether oxygens (including phenoxy) is 4. The van der Waals surface area contributed by atoms with E-state index in [1.165, 1.54) is 31.2 Å². The molecular formula is C18H23N4O8+. The van der Waals surface area contributed by atoms with Crippen molar-refractivity contribution < 1.29 is 43.1 Å². The first-order valence-corrected chi connectivity index (χ1v) is 9.24. The number of H-pyrrole nitrogens is 1. The lowest BCUT2D eigenvalue weighted by atomic mass is 10.2. The molecule has 1 N–H and O–H groups in total. The van der Waals surface area contributed by atoms with Gasteiger partial charge in [0, 0.05) is 12.4 Å².